The average molecular weight is 266 g/mol. The predicted octanol–water partition coefficient (Wildman–Crippen LogP) is 2.07. The molecular formula is C15H26N2O2. The SMILES string of the molecule is CC(C)C(CN)N1C(=O)CC2(CCCCC2)CC1=O. The van der Waals surface area contributed by atoms with Crippen LogP contribution in [0, 0.1) is 11.3 Å². The lowest BCUT2D eigenvalue weighted by Crippen LogP contribution is -2.56. The highest BCUT2D eigenvalue weighted by Gasteiger charge is 2.46. The van der Waals surface area contributed by atoms with Gasteiger partial charge in [0, 0.05) is 19.4 Å². The van der Waals surface area contributed by atoms with Gasteiger partial charge in [-0.2, -0.15) is 0 Å². The summed E-state index contributed by atoms with van der Waals surface area (Å²) in [6.45, 7) is 4.40. The van der Waals surface area contributed by atoms with E-state index in [0.717, 1.165) is 25.7 Å². The van der Waals surface area contributed by atoms with E-state index in [-0.39, 0.29) is 29.2 Å². The first-order valence-corrected chi connectivity index (χ1v) is 7.54. The summed E-state index contributed by atoms with van der Waals surface area (Å²) >= 11 is 0. The smallest absolute Gasteiger partial charge is 0.230 e. The molecule has 1 unspecified atom stereocenters. The average Bonchev–Trinajstić information content (AvgIpc) is 2.34. The topological polar surface area (TPSA) is 63.4 Å². The molecule has 2 N–H and O–H groups in total. The molecule has 1 saturated carbocycles. The molecule has 2 rings (SSSR count). The number of nitrogens with two attached hydrogens (primary N) is 1. The Labute approximate surface area is 115 Å². The van der Waals surface area contributed by atoms with E-state index in [9.17, 15) is 9.59 Å². The quantitative estimate of drug-likeness (QED) is 0.795. The van der Waals surface area contributed by atoms with E-state index in [0.29, 0.717) is 19.4 Å². The van der Waals surface area contributed by atoms with Gasteiger partial charge in [-0.15, -0.1) is 0 Å². The summed E-state index contributed by atoms with van der Waals surface area (Å²) in [5, 5.41) is 0. The summed E-state index contributed by atoms with van der Waals surface area (Å²) in [4.78, 5) is 26.3. The largest absolute Gasteiger partial charge is 0.328 e. The van der Waals surface area contributed by atoms with Gasteiger partial charge in [-0.25, -0.2) is 0 Å². The second-order valence-corrected chi connectivity index (χ2v) is 6.62. The monoisotopic (exact) mass is 266 g/mol. The van der Waals surface area contributed by atoms with Crippen LogP contribution in [0.5, 0.6) is 0 Å². The molecule has 2 amide bonds. The van der Waals surface area contributed by atoms with Crippen LogP contribution in [0.3, 0.4) is 0 Å². The second-order valence-electron chi connectivity index (χ2n) is 6.62. The number of hydrogen-bond acceptors (Lipinski definition) is 3. The summed E-state index contributed by atoms with van der Waals surface area (Å²) in [6.07, 6.45) is 6.71. The van der Waals surface area contributed by atoms with Crippen LogP contribution in [0.15, 0.2) is 0 Å². The molecule has 0 bridgehead atoms. The maximum absolute atomic E-state index is 12.4. The van der Waals surface area contributed by atoms with Crippen molar-refractivity contribution in [1.29, 1.82) is 0 Å². The lowest BCUT2D eigenvalue weighted by Gasteiger charge is -2.45. The van der Waals surface area contributed by atoms with Crippen LogP contribution in [0.25, 0.3) is 0 Å². The Bertz CT molecular complexity index is 339. The highest BCUT2D eigenvalue weighted by molar-refractivity contribution is 5.99. The molecule has 2 fully saturated rings. The van der Waals surface area contributed by atoms with Crippen molar-refractivity contribution in [3.8, 4) is 0 Å². The number of rotatable bonds is 3. The van der Waals surface area contributed by atoms with Crippen LogP contribution in [-0.2, 0) is 9.59 Å². The van der Waals surface area contributed by atoms with E-state index in [1.54, 1.807) is 0 Å². The fraction of sp³-hybridized carbons (Fsp3) is 0.867. The van der Waals surface area contributed by atoms with Crippen molar-refractivity contribution >= 4 is 11.8 Å². The first-order valence-electron chi connectivity index (χ1n) is 7.54. The van der Waals surface area contributed by atoms with E-state index in [2.05, 4.69) is 0 Å². The summed E-state index contributed by atoms with van der Waals surface area (Å²) < 4.78 is 0. The van der Waals surface area contributed by atoms with Crippen molar-refractivity contribution < 1.29 is 9.59 Å². The van der Waals surface area contributed by atoms with E-state index in [4.69, 9.17) is 5.73 Å². The van der Waals surface area contributed by atoms with Crippen LogP contribution in [0.2, 0.25) is 0 Å². The summed E-state index contributed by atoms with van der Waals surface area (Å²) in [5.41, 5.74) is 5.72. The summed E-state index contributed by atoms with van der Waals surface area (Å²) in [7, 11) is 0. The van der Waals surface area contributed by atoms with Crippen molar-refractivity contribution in [3.05, 3.63) is 0 Å². The third-order valence-electron chi connectivity index (χ3n) is 4.85. The van der Waals surface area contributed by atoms with Gasteiger partial charge < -0.3 is 5.73 Å². The minimum atomic E-state index is -0.138. The lowest BCUT2D eigenvalue weighted by molar-refractivity contribution is -0.158. The molecular weight excluding hydrogens is 240 g/mol. The van der Waals surface area contributed by atoms with Crippen LogP contribution < -0.4 is 5.73 Å². The molecule has 1 aliphatic carbocycles. The third-order valence-corrected chi connectivity index (χ3v) is 4.85. The second kappa shape index (κ2) is 5.61. The normalized spacial score (nSPS) is 25.2. The molecule has 1 saturated heterocycles. The number of nitrogens with zero attached hydrogens (tertiary/aromatic N) is 1. The van der Waals surface area contributed by atoms with Gasteiger partial charge in [-0.05, 0) is 24.2 Å². The fourth-order valence-electron chi connectivity index (χ4n) is 3.71. The molecule has 1 spiro atoms. The molecule has 0 aromatic rings. The summed E-state index contributed by atoms with van der Waals surface area (Å²) in [6, 6.07) is -0.138. The van der Waals surface area contributed by atoms with Gasteiger partial charge in [-0.1, -0.05) is 33.1 Å². The van der Waals surface area contributed by atoms with E-state index >= 15 is 0 Å². The molecule has 108 valence electrons. The number of hydrogen-bond donors (Lipinski definition) is 1. The number of likely N-dealkylation sites (tertiary alicyclic amines) is 1. The Morgan fingerprint density at radius 2 is 1.63 bits per heavy atom. The number of amides is 2. The minimum absolute atomic E-state index is 0.00213. The first-order chi connectivity index (χ1) is 8.99. The van der Waals surface area contributed by atoms with Gasteiger partial charge in [0.15, 0.2) is 0 Å². The Kier molecular flexibility index (Phi) is 4.29. The minimum Gasteiger partial charge on any atom is -0.328 e. The maximum atomic E-state index is 12.4. The van der Waals surface area contributed by atoms with Gasteiger partial charge in [0.05, 0.1) is 6.04 Å². The zero-order valence-electron chi connectivity index (χ0n) is 12.2. The Hall–Kier alpha value is -0.900. The van der Waals surface area contributed by atoms with Crippen molar-refractivity contribution in [2.75, 3.05) is 6.54 Å². The standard InChI is InChI=1S/C15H26N2O2/c1-11(2)12(10-16)17-13(18)8-15(9-14(17)19)6-4-3-5-7-15/h11-12H,3-10,16H2,1-2H3. The highest BCUT2D eigenvalue weighted by atomic mass is 16.2. The molecule has 19 heavy (non-hydrogen) atoms. The number of carbonyl (C=O) groups is 2. The number of imide groups is 1. The molecule has 2 aliphatic rings. The van der Waals surface area contributed by atoms with Gasteiger partial charge >= 0.3 is 0 Å². The lowest BCUT2D eigenvalue weighted by atomic mass is 9.67. The number of carbonyl (C=O) groups excluding carboxylic acids is 2. The van der Waals surface area contributed by atoms with Crippen molar-refractivity contribution in [1.82, 2.24) is 4.90 Å². The first kappa shape index (κ1) is 14.5. The highest BCUT2D eigenvalue weighted by Crippen LogP contribution is 2.45. The van der Waals surface area contributed by atoms with Crippen LogP contribution in [-0.4, -0.2) is 29.3 Å². The van der Waals surface area contributed by atoms with Gasteiger partial charge in [-0.3, -0.25) is 14.5 Å². The molecule has 0 aromatic heterocycles. The maximum Gasteiger partial charge on any atom is 0.230 e. The zero-order valence-corrected chi connectivity index (χ0v) is 12.2. The van der Waals surface area contributed by atoms with Crippen molar-refractivity contribution in [2.24, 2.45) is 17.1 Å². The van der Waals surface area contributed by atoms with Gasteiger partial charge in [0.2, 0.25) is 11.8 Å². The molecule has 0 aromatic carbocycles. The molecule has 1 aliphatic heterocycles. The Morgan fingerprint density at radius 1 is 1.11 bits per heavy atom. The van der Waals surface area contributed by atoms with Gasteiger partial charge in [0.1, 0.15) is 0 Å². The fourth-order valence-corrected chi connectivity index (χ4v) is 3.71. The Morgan fingerprint density at radius 3 is 2.05 bits per heavy atom. The van der Waals surface area contributed by atoms with E-state index in [1.807, 2.05) is 13.8 Å². The number of piperidine rings is 1. The van der Waals surface area contributed by atoms with Crippen LogP contribution in [0.4, 0.5) is 0 Å². The van der Waals surface area contributed by atoms with Crippen molar-refractivity contribution in [3.63, 3.8) is 0 Å². The van der Waals surface area contributed by atoms with Crippen LogP contribution >= 0.6 is 0 Å². The van der Waals surface area contributed by atoms with Crippen molar-refractivity contribution in [2.45, 2.75) is 64.8 Å². The van der Waals surface area contributed by atoms with Crippen LogP contribution in [0.1, 0.15) is 58.8 Å². The Balaban J connectivity index is 2.14. The molecule has 4 heteroatoms. The van der Waals surface area contributed by atoms with Gasteiger partial charge in [0.25, 0.3) is 0 Å². The molecule has 1 heterocycles. The zero-order chi connectivity index (χ0) is 14.0. The molecule has 0 radical (unpaired) electrons. The third kappa shape index (κ3) is 2.83. The summed E-state index contributed by atoms with van der Waals surface area (Å²) in [5.74, 6) is 0.225. The van der Waals surface area contributed by atoms with E-state index < -0.39 is 0 Å². The molecule has 4 nitrogen and oxygen atoms in total. The molecule has 1 atom stereocenters. The predicted molar refractivity (Wildman–Crippen MR) is 74.3 cm³/mol. The van der Waals surface area contributed by atoms with E-state index in [1.165, 1.54) is 11.3 Å².